The number of hydrogen-bond donors (Lipinski definition) is 2. The second kappa shape index (κ2) is 10.8. The van der Waals surface area contributed by atoms with Gasteiger partial charge in [0.15, 0.2) is 5.96 Å². The van der Waals surface area contributed by atoms with Crippen LogP contribution in [0.15, 0.2) is 33.7 Å². The quantitative estimate of drug-likeness (QED) is 0.500. The minimum absolute atomic E-state index is 0.135. The highest BCUT2D eigenvalue weighted by atomic mass is 35.5. The molecule has 0 spiro atoms. The third-order valence-electron chi connectivity index (χ3n) is 5.69. The highest BCUT2D eigenvalue weighted by Crippen LogP contribution is 2.21. The molecule has 1 saturated heterocycles. The van der Waals surface area contributed by atoms with E-state index in [1.165, 1.54) is 0 Å². The van der Waals surface area contributed by atoms with Crippen molar-refractivity contribution in [1.82, 2.24) is 20.5 Å². The van der Waals surface area contributed by atoms with E-state index in [0.717, 1.165) is 79.5 Å². The van der Waals surface area contributed by atoms with Gasteiger partial charge in [-0.25, -0.2) is 4.98 Å². The Morgan fingerprint density at radius 1 is 1.33 bits per heavy atom. The van der Waals surface area contributed by atoms with Gasteiger partial charge < -0.3 is 15.1 Å². The van der Waals surface area contributed by atoms with Gasteiger partial charge in [-0.2, -0.15) is 0 Å². The molecule has 3 rings (SSSR count). The number of halogens is 1. The molecule has 0 amide bonds. The van der Waals surface area contributed by atoms with Crippen LogP contribution >= 0.6 is 11.6 Å². The lowest BCUT2D eigenvalue weighted by Crippen LogP contribution is -2.39. The van der Waals surface area contributed by atoms with E-state index in [-0.39, 0.29) is 6.04 Å². The van der Waals surface area contributed by atoms with Gasteiger partial charge in [0.2, 0.25) is 5.89 Å². The van der Waals surface area contributed by atoms with Crippen LogP contribution in [0, 0.1) is 19.8 Å². The van der Waals surface area contributed by atoms with Gasteiger partial charge in [-0.1, -0.05) is 23.7 Å². The summed E-state index contributed by atoms with van der Waals surface area (Å²) in [7, 11) is 0. The molecule has 7 heteroatoms. The number of aryl methyl sites for hydroxylation is 2. The first-order valence-electron chi connectivity index (χ1n) is 10.9. The van der Waals surface area contributed by atoms with E-state index in [1.54, 1.807) is 0 Å². The van der Waals surface area contributed by atoms with Crippen molar-refractivity contribution < 1.29 is 4.42 Å². The minimum Gasteiger partial charge on any atom is -0.444 e. The number of likely N-dealkylation sites (tertiary alicyclic amines) is 1. The van der Waals surface area contributed by atoms with E-state index in [1.807, 2.05) is 32.0 Å². The number of guanidine groups is 1. The number of piperidine rings is 1. The van der Waals surface area contributed by atoms with Crippen molar-refractivity contribution in [1.29, 1.82) is 0 Å². The number of nitrogens with one attached hydrogen (secondary N) is 2. The summed E-state index contributed by atoms with van der Waals surface area (Å²) in [5.74, 6) is 3.21. The summed E-state index contributed by atoms with van der Waals surface area (Å²) < 4.78 is 5.73. The molecule has 1 aromatic heterocycles. The molecule has 6 nitrogen and oxygen atoms in total. The molecule has 0 saturated carbocycles. The maximum absolute atomic E-state index is 6.13. The third kappa shape index (κ3) is 6.47. The molecule has 1 aliphatic rings. The molecule has 2 aromatic rings. The van der Waals surface area contributed by atoms with Gasteiger partial charge in [0.1, 0.15) is 5.76 Å². The first kappa shape index (κ1) is 22.6. The molecule has 30 heavy (non-hydrogen) atoms. The van der Waals surface area contributed by atoms with Crippen LogP contribution in [0.5, 0.6) is 0 Å². The lowest BCUT2D eigenvalue weighted by atomic mass is 9.97. The van der Waals surface area contributed by atoms with E-state index in [4.69, 9.17) is 21.0 Å². The molecule has 0 aliphatic carbocycles. The summed E-state index contributed by atoms with van der Waals surface area (Å²) in [6.07, 6.45) is 2.29. The van der Waals surface area contributed by atoms with Gasteiger partial charge in [0.05, 0.1) is 18.3 Å². The lowest BCUT2D eigenvalue weighted by Gasteiger charge is -2.30. The Kier molecular flexibility index (Phi) is 8.16. The summed E-state index contributed by atoms with van der Waals surface area (Å²) in [4.78, 5) is 11.8. The first-order valence-corrected chi connectivity index (χ1v) is 11.3. The van der Waals surface area contributed by atoms with E-state index < -0.39 is 0 Å². The van der Waals surface area contributed by atoms with Crippen LogP contribution in [0.3, 0.4) is 0 Å². The lowest BCUT2D eigenvalue weighted by molar-refractivity contribution is 0.166. The standard InChI is InChI=1S/C23H34ClN5O/c1-5-25-23(28-17(3)20-7-6-8-21(24)13-20)26-14-19-9-11-29(12-10-19)15-22-27-16(2)18(4)30-22/h6-8,13,17,19H,5,9-12,14-15H2,1-4H3,(H2,25,26,28). The Labute approximate surface area is 185 Å². The molecule has 1 unspecified atom stereocenters. The number of hydrogen-bond acceptors (Lipinski definition) is 4. The number of benzene rings is 1. The Morgan fingerprint density at radius 3 is 2.73 bits per heavy atom. The molecule has 2 heterocycles. The molecule has 1 aliphatic heterocycles. The number of rotatable bonds is 7. The highest BCUT2D eigenvalue weighted by molar-refractivity contribution is 6.30. The Balaban J connectivity index is 1.49. The molecule has 0 bridgehead atoms. The molecular weight excluding hydrogens is 398 g/mol. The largest absolute Gasteiger partial charge is 0.444 e. The van der Waals surface area contributed by atoms with E-state index >= 15 is 0 Å². The van der Waals surface area contributed by atoms with Gasteiger partial charge in [-0.3, -0.25) is 9.89 Å². The topological polar surface area (TPSA) is 65.7 Å². The summed E-state index contributed by atoms with van der Waals surface area (Å²) in [6, 6.07) is 8.09. The van der Waals surface area contributed by atoms with E-state index in [9.17, 15) is 0 Å². The maximum atomic E-state index is 6.13. The maximum Gasteiger partial charge on any atom is 0.208 e. The van der Waals surface area contributed by atoms with Crippen molar-refractivity contribution in [2.45, 2.75) is 53.1 Å². The summed E-state index contributed by atoms with van der Waals surface area (Å²) in [6.45, 7) is 12.8. The fourth-order valence-corrected chi connectivity index (χ4v) is 3.93. The van der Waals surface area contributed by atoms with Crippen LogP contribution in [0.2, 0.25) is 5.02 Å². The smallest absolute Gasteiger partial charge is 0.208 e. The summed E-state index contributed by atoms with van der Waals surface area (Å²) >= 11 is 6.13. The zero-order valence-electron chi connectivity index (χ0n) is 18.5. The Bertz CT molecular complexity index is 822. The average molecular weight is 432 g/mol. The van der Waals surface area contributed by atoms with Crippen LogP contribution in [0.1, 0.15) is 55.6 Å². The molecule has 1 atom stereocenters. The molecule has 1 aromatic carbocycles. The van der Waals surface area contributed by atoms with Gasteiger partial charge in [0.25, 0.3) is 0 Å². The van der Waals surface area contributed by atoms with Crippen molar-refractivity contribution in [2.24, 2.45) is 10.9 Å². The fraction of sp³-hybridized carbons (Fsp3) is 0.565. The van der Waals surface area contributed by atoms with Crippen molar-refractivity contribution in [3.05, 3.63) is 52.2 Å². The van der Waals surface area contributed by atoms with Gasteiger partial charge in [0, 0.05) is 18.1 Å². The molecule has 1 fully saturated rings. The predicted molar refractivity (Wildman–Crippen MR) is 123 cm³/mol. The predicted octanol–water partition coefficient (Wildman–Crippen LogP) is 4.47. The SMILES string of the molecule is CCNC(=NCC1CCN(Cc2nc(C)c(C)o2)CC1)NC(C)c1cccc(Cl)c1. The van der Waals surface area contributed by atoms with Gasteiger partial charge >= 0.3 is 0 Å². The highest BCUT2D eigenvalue weighted by Gasteiger charge is 2.21. The molecular formula is C23H34ClN5O. The van der Waals surface area contributed by atoms with E-state index in [2.05, 4.69) is 40.4 Å². The molecule has 0 radical (unpaired) electrons. The normalized spacial score (nSPS) is 17.2. The number of aliphatic imine (C=N–C) groups is 1. The minimum atomic E-state index is 0.135. The monoisotopic (exact) mass is 431 g/mol. The zero-order chi connectivity index (χ0) is 21.5. The Morgan fingerprint density at radius 2 is 2.10 bits per heavy atom. The van der Waals surface area contributed by atoms with E-state index in [0.29, 0.717) is 5.92 Å². The number of aromatic nitrogens is 1. The third-order valence-corrected chi connectivity index (χ3v) is 5.93. The van der Waals surface area contributed by atoms with Crippen LogP contribution in [-0.2, 0) is 6.54 Å². The van der Waals surface area contributed by atoms with Crippen molar-refractivity contribution in [3.8, 4) is 0 Å². The van der Waals surface area contributed by atoms with Crippen LogP contribution < -0.4 is 10.6 Å². The van der Waals surface area contributed by atoms with Crippen LogP contribution in [0.4, 0.5) is 0 Å². The second-order valence-corrected chi connectivity index (χ2v) is 8.55. The van der Waals surface area contributed by atoms with Crippen LogP contribution in [0.25, 0.3) is 0 Å². The van der Waals surface area contributed by atoms with Crippen molar-refractivity contribution in [2.75, 3.05) is 26.2 Å². The zero-order valence-corrected chi connectivity index (χ0v) is 19.3. The van der Waals surface area contributed by atoms with Crippen LogP contribution in [-0.4, -0.2) is 42.0 Å². The summed E-state index contributed by atoms with van der Waals surface area (Å²) in [5.41, 5.74) is 2.14. The summed E-state index contributed by atoms with van der Waals surface area (Å²) in [5, 5.41) is 7.62. The van der Waals surface area contributed by atoms with Gasteiger partial charge in [-0.05, 0) is 77.2 Å². The fourth-order valence-electron chi connectivity index (χ4n) is 3.73. The van der Waals surface area contributed by atoms with Gasteiger partial charge in [-0.15, -0.1) is 0 Å². The van der Waals surface area contributed by atoms with Crippen molar-refractivity contribution >= 4 is 17.6 Å². The first-order chi connectivity index (χ1) is 14.4. The average Bonchev–Trinajstić information content (AvgIpc) is 3.04. The van der Waals surface area contributed by atoms with Crippen molar-refractivity contribution in [3.63, 3.8) is 0 Å². The molecule has 164 valence electrons. The molecule has 2 N–H and O–H groups in total. The second-order valence-electron chi connectivity index (χ2n) is 8.11. The number of oxazole rings is 1. The Hall–Kier alpha value is -2.05. The number of nitrogens with zero attached hydrogens (tertiary/aromatic N) is 3.